The third-order valence-electron chi connectivity index (χ3n) is 3.07. The lowest BCUT2D eigenvalue weighted by atomic mass is 10.1. The highest BCUT2D eigenvalue weighted by Crippen LogP contribution is 2.20. The van der Waals surface area contributed by atoms with Crippen molar-refractivity contribution >= 4 is 17.4 Å². The van der Waals surface area contributed by atoms with Crippen molar-refractivity contribution in [2.24, 2.45) is 10.9 Å². The van der Waals surface area contributed by atoms with Gasteiger partial charge in [-0.2, -0.15) is 0 Å². The Balaban J connectivity index is 2.06. The van der Waals surface area contributed by atoms with Gasteiger partial charge in [0.1, 0.15) is 0 Å². The Morgan fingerprint density at radius 3 is 2.81 bits per heavy atom. The van der Waals surface area contributed by atoms with Crippen LogP contribution in [0.3, 0.4) is 0 Å². The van der Waals surface area contributed by atoms with Crippen molar-refractivity contribution in [1.29, 1.82) is 0 Å². The molecular weight excluding hydrogens is 288 g/mol. The second-order valence-corrected chi connectivity index (χ2v) is 5.23. The van der Waals surface area contributed by atoms with Crippen LogP contribution in [-0.2, 0) is 13.1 Å². The molecule has 0 unspecified atom stereocenters. The SMILES string of the molecule is CN(Cc1cccnc1)Cc1ccc(/C(N)=N/O)cc1Cl. The van der Waals surface area contributed by atoms with Gasteiger partial charge < -0.3 is 10.9 Å². The van der Waals surface area contributed by atoms with Crippen LogP contribution in [0.5, 0.6) is 0 Å². The number of aromatic nitrogens is 1. The Bertz CT molecular complexity index is 631. The van der Waals surface area contributed by atoms with Crippen LogP contribution in [-0.4, -0.2) is 28.0 Å². The van der Waals surface area contributed by atoms with Crippen molar-refractivity contribution in [2.75, 3.05) is 7.05 Å². The summed E-state index contributed by atoms with van der Waals surface area (Å²) in [7, 11) is 2.01. The maximum absolute atomic E-state index is 8.66. The van der Waals surface area contributed by atoms with E-state index < -0.39 is 0 Å². The summed E-state index contributed by atoms with van der Waals surface area (Å²) in [5.74, 6) is 0.0483. The largest absolute Gasteiger partial charge is 0.409 e. The number of benzene rings is 1. The van der Waals surface area contributed by atoms with Crippen molar-refractivity contribution in [1.82, 2.24) is 9.88 Å². The zero-order valence-electron chi connectivity index (χ0n) is 11.7. The molecule has 0 saturated heterocycles. The van der Waals surface area contributed by atoms with Gasteiger partial charge in [-0.1, -0.05) is 35.0 Å². The van der Waals surface area contributed by atoms with E-state index in [0.29, 0.717) is 17.1 Å². The van der Waals surface area contributed by atoms with E-state index in [4.69, 9.17) is 22.5 Å². The van der Waals surface area contributed by atoms with Crippen molar-refractivity contribution in [2.45, 2.75) is 13.1 Å². The summed E-state index contributed by atoms with van der Waals surface area (Å²) in [6.45, 7) is 1.48. The lowest BCUT2D eigenvalue weighted by Gasteiger charge is -2.17. The first-order chi connectivity index (χ1) is 10.1. The number of pyridine rings is 1. The molecule has 0 aliphatic heterocycles. The topological polar surface area (TPSA) is 74.7 Å². The minimum atomic E-state index is 0.0483. The van der Waals surface area contributed by atoms with E-state index in [9.17, 15) is 0 Å². The average molecular weight is 305 g/mol. The Morgan fingerprint density at radius 2 is 2.19 bits per heavy atom. The monoisotopic (exact) mass is 304 g/mol. The third-order valence-corrected chi connectivity index (χ3v) is 3.42. The van der Waals surface area contributed by atoms with Gasteiger partial charge in [0.2, 0.25) is 0 Å². The molecule has 6 heteroatoms. The molecule has 21 heavy (non-hydrogen) atoms. The zero-order chi connectivity index (χ0) is 15.2. The molecule has 0 aliphatic carbocycles. The maximum atomic E-state index is 8.66. The van der Waals surface area contributed by atoms with Gasteiger partial charge in [-0.05, 0) is 30.3 Å². The van der Waals surface area contributed by atoms with Gasteiger partial charge in [0, 0.05) is 36.1 Å². The molecule has 2 aromatic rings. The number of rotatable bonds is 5. The van der Waals surface area contributed by atoms with E-state index in [0.717, 1.165) is 17.7 Å². The van der Waals surface area contributed by atoms with E-state index in [-0.39, 0.29) is 5.84 Å². The van der Waals surface area contributed by atoms with Crippen molar-refractivity contribution in [3.05, 3.63) is 64.4 Å². The number of hydrogen-bond donors (Lipinski definition) is 2. The van der Waals surface area contributed by atoms with E-state index in [1.54, 1.807) is 18.3 Å². The summed E-state index contributed by atoms with van der Waals surface area (Å²) in [5, 5.41) is 12.2. The first-order valence-corrected chi connectivity index (χ1v) is 6.81. The van der Waals surface area contributed by atoms with Crippen LogP contribution in [0.1, 0.15) is 16.7 Å². The highest BCUT2D eigenvalue weighted by Gasteiger charge is 2.08. The molecule has 1 aromatic heterocycles. The second-order valence-electron chi connectivity index (χ2n) is 4.82. The molecular formula is C15H17ClN4O. The minimum absolute atomic E-state index is 0.0483. The van der Waals surface area contributed by atoms with Crippen molar-refractivity contribution < 1.29 is 5.21 Å². The highest BCUT2D eigenvalue weighted by molar-refractivity contribution is 6.31. The molecule has 0 aliphatic rings. The number of nitrogens with two attached hydrogens (primary N) is 1. The quantitative estimate of drug-likeness (QED) is 0.385. The van der Waals surface area contributed by atoms with Gasteiger partial charge in [0.15, 0.2) is 5.84 Å². The molecule has 0 spiro atoms. The van der Waals surface area contributed by atoms with E-state index >= 15 is 0 Å². The lowest BCUT2D eigenvalue weighted by Crippen LogP contribution is -2.18. The predicted octanol–water partition coefficient (Wildman–Crippen LogP) is 2.46. The van der Waals surface area contributed by atoms with Gasteiger partial charge in [0.25, 0.3) is 0 Å². The van der Waals surface area contributed by atoms with Crippen molar-refractivity contribution in [3.8, 4) is 0 Å². The first-order valence-electron chi connectivity index (χ1n) is 6.44. The summed E-state index contributed by atoms with van der Waals surface area (Å²) >= 11 is 6.25. The fourth-order valence-electron chi connectivity index (χ4n) is 2.04. The Kier molecular flexibility index (Phi) is 5.14. The smallest absolute Gasteiger partial charge is 0.170 e. The Labute approximate surface area is 128 Å². The molecule has 2 rings (SSSR count). The van der Waals surface area contributed by atoms with Crippen LogP contribution in [0.2, 0.25) is 5.02 Å². The molecule has 5 nitrogen and oxygen atoms in total. The minimum Gasteiger partial charge on any atom is -0.409 e. The highest BCUT2D eigenvalue weighted by atomic mass is 35.5. The first kappa shape index (κ1) is 15.3. The van der Waals surface area contributed by atoms with Crippen LogP contribution >= 0.6 is 11.6 Å². The van der Waals surface area contributed by atoms with Gasteiger partial charge >= 0.3 is 0 Å². The Hall–Kier alpha value is -2.11. The van der Waals surface area contributed by atoms with Gasteiger partial charge in [-0.25, -0.2) is 0 Å². The van der Waals surface area contributed by atoms with Gasteiger partial charge in [-0.15, -0.1) is 0 Å². The van der Waals surface area contributed by atoms with Gasteiger partial charge in [-0.3, -0.25) is 9.88 Å². The standard InChI is InChI=1S/C15H17ClN4O/c1-20(9-11-3-2-6-18-8-11)10-13-5-4-12(7-14(13)16)15(17)19-21/h2-8,21H,9-10H2,1H3,(H2,17,19). The molecule has 0 fully saturated rings. The van der Waals surface area contributed by atoms with Crippen LogP contribution in [0.15, 0.2) is 47.9 Å². The van der Waals surface area contributed by atoms with Crippen LogP contribution in [0.25, 0.3) is 0 Å². The summed E-state index contributed by atoms with van der Waals surface area (Å²) in [5.41, 5.74) is 8.27. The van der Waals surface area contributed by atoms with Crippen LogP contribution < -0.4 is 5.73 Å². The number of oxime groups is 1. The van der Waals surface area contributed by atoms with E-state index in [2.05, 4.69) is 15.0 Å². The third kappa shape index (κ3) is 4.18. The molecule has 0 radical (unpaired) electrons. The average Bonchev–Trinajstić information content (AvgIpc) is 2.49. The molecule has 0 bridgehead atoms. The number of amidine groups is 1. The van der Waals surface area contributed by atoms with Crippen LogP contribution in [0.4, 0.5) is 0 Å². The molecule has 1 heterocycles. The Morgan fingerprint density at radius 1 is 1.38 bits per heavy atom. The number of halogens is 1. The summed E-state index contributed by atoms with van der Waals surface area (Å²) in [6, 6.07) is 9.32. The predicted molar refractivity (Wildman–Crippen MR) is 83.4 cm³/mol. The van der Waals surface area contributed by atoms with Crippen molar-refractivity contribution in [3.63, 3.8) is 0 Å². The molecule has 3 N–H and O–H groups in total. The molecule has 1 aromatic carbocycles. The summed E-state index contributed by atoms with van der Waals surface area (Å²) in [6.07, 6.45) is 3.60. The normalized spacial score (nSPS) is 11.9. The summed E-state index contributed by atoms with van der Waals surface area (Å²) < 4.78 is 0. The van der Waals surface area contributed by atoms with E-state index in [1.807, 2.05) is 31.4 Å². The lowest BCUT2D eigenvalue weighted by molar-refractivity contribution is 0.318. The fraction of sp³-hybridized carbons (Fsp3) is 0.200. The zero-order valence-corrected chi connectivity index (χ0v) is 12.5. The number of nitrogens with zero attached hydrogens (tertiary/aromatic N) is 3. The molecule has 0 saturated carbocycles. The molecule has 110 valence electrons. The molecule has 0 amide bonds. The fourth-order valence-corrected chi connectivity index (χ4v) is 2.28. The number of hydrogen-bond acceptors (Lipinski definition) is 4. The van der Waals surface area contributed by atoms with E-state index in [1.165, 1.54) is 0 Å². The molecule has 0 atom stereocenters. The summed E-state index contributed by atoms with van der Waals surface area (Å²) in [4.78, 5) is 6.24. The maximum Gasteiger partial charge on any atom is 0.170 e. The second kappa shape index (κ2) is 7.06. The van der Waals surface area contributed by atoms with Gasteiger partial charge in [0.05, 0.1) is 0 Å². The van der Waals surface area contributed by atoms with Crippen LogP contribution in [0, 0.1) is 0 Å².